The van der Waals surface area contributed by atoms with E-state index in [9.17, 15) is 9.59 Å². The lowest BCUT2D eigenvalue weighted by Crippen LogP contribution is -2.50. The number of carbonyl (C=O) groups is 2. The number of aromatic nitrogens is 4. The van der Waals surface area contributed by atoms with Gasteiger partial charge in [0.15, 0.2) is 5.82 Å². The summed E-state index contributed by atoms with van der Waals surface area (Å²) in [6, 6.07) is -1.44. The maximum Gasteiger partial charge on any atom is 0.323 e. The normalized spacial score (nSPS) is 31.4. The van der Waals surface area contributed by atoms with Crippen LogP contribution in [-0.4, -0.2) is 57.7 Å². The van der Waals surface area contributed by atoms with E-state index in [4.69, 9.17) is 6.11 Å². The summed E-state index contributed by atoms with van der Waals surface area (Å²) < 4.78 is 14.1. The number of esters is 1. The third-order valence-electron chi connectivity index (χ3n) is 5.86. The van der Waals surface area contributed by atoms with Gasteiger partial charge in [0.05, 0.1) is 7.79 Å². The van der Waals surface area contributed by atoms with Gasteiger partial charge >= 0.3 is 5.97 Å². The molecule has 0 radical (unpaired) electrons. The number of hydrogen-bond donors (Lipinski definition) is 3. The molecule has 3 rings (SSSR count). The van der Waals surface area contributed by atoms with Gasteiger partial charge in [0, 0.05) is 13.0 Å². The van der Waals surface area contributed by atoms with Crippen molar-refractivity contribution >= 4 is 11.9 Å². The number of fused-ring (bicyclic) bond motifs is 1. The fraction of sp³-hybridized carbons (Fsp3) is 0.842. The number of rotatable bonds is 8. The number of ether oxygens (including phenoxy) is 1. The summed E-state index contributed by atoms with van der Waals surface area (Å²) in [5, 5.41) is 19.9. The number of carbonyl (C=O) groups excluding carboxylic acids is 2. The quantitative estimate of drug-likeness (QED) is 0.563. The van der Waals surface area contributed by atoms with Crippen LogP contribution in [0.2, 0.25) is 0 Å². The molecule has 3 N–H and O–H groups in total. The topological polar surface area (TPSA) is 122 Å². The lowest BCUT2D eigenvalue weighted by Gasteiger charge is -2.42. The van der Waals surface area contributed by atoms with E-state index in [0.717, 1.165) is 37.9 Å². The van der Waals surface area contributed by atoms with Crippen molar-refractivity contribution in [2.75, 3.05) is 13.1 Å². The Hall–Kier alpha value is -2.03. The van der Waals surface area contributed by atoms with Gasteiger partial charge in [0.1, 0.15) is 12.1 Å². The van der Waals surface area contributed by atoms with E-state index in [0.29, 0.717) is 37.3 Å². The predicted octanol–water partition coefficient (Wildman–Crippen LogP) is 0.985. The van der Waals surface area contributed by atoms with Gasteiger partial charge in [-0.25, -0.2) is 0 Å². The SMILES string of the molecule is [2H][C@@]1(C(=O)O[C@@H](C)CC(=O)NCC)C[C@H]2C[C@@H](CCc3nn[nH]n3)CC[C@H]2CN1. The molecular formula is C19H32N6O3. The van der Waals surface area contributed by atoms with Crippen molar-refractivity contribution in [2.45, 2.75) is 70.9 Å². The second kappa shape index (κ2) is 9.95. The number of nitrogens with one attached hydrogen (secondary N) is 3. The third kappa shape index (κ3) is 5.73. The lowest BCUT2D eigenvalue weighted by atomic mass is 9.69. The van der Waals surface area contributed by atoms with Crippen molar-refractivity contribution in [2.24, 2.45) is 17.8 Å². The minimum Gasteiger partial charge on any atom is -0.461 e. The number of amides is 1. The molecule has 2 fully saturated rings. The highest BCUT2D eigenvalue weighted by molar-refractivity contribution is 5.78. The van der Waals surface area contributed by atoms with Crippen molar-refractivity contribution in [3.63, 3.8) is 0 Å². The Bertz CT molecular complexity index is 687. The molecule has 1 aliphatic carbocycles. The van der Waals surface area contributed by atoms with E-state index in [2.05, 4.69) is 31.3 Å². The molecule has 0 bridgehead atoms. The summed E-state index contributed by atoms with van der Waals surface area (Å²) in [4.78, 5) is 24.4. The molecule has 1 saturated carbocycles. The third-order valence-corrected chi connectivity index (χ3v) is 5.86. The van der Waals surface area contributed by atoms with E-state index in [1.807, 2.05) is 6.92 Å². The Morgan fingerprint density at radius 1 is 1.36 bits per heavy atom. The number of hydrogen-bond acceptors (Lipinski definition) is 7. The van der Waals surface area contributed by atoms with Crippen LogP contribution in [0.15, 0.2) is 0 Å². The highest BCUT2D eigenvalue weighted by Crippen LogP contribution is 2.40. The van der Waals surface area contributed by atoms with Crippen molar-refractivity contribution in [3.05, 3.63) is 5.82 Å². The number of tetrazole rings is 1. The summed E-state index contributed by atoms with van der Waals surface area (Å²) in [6.45, 7) is 4.73. The minimum atomic E-state index is -1.44. The Morgan fingerprint density at radius 3 is 2.96 bits per heavy atom. The van der Waals surface area contributed by atoms with Crippen molar-refractivity contribution in [3.8, 4) is 0 Å². The standard InChI is InChI=1S/C19H32N6O3/c1-3-20-18(26)8-12(2)28-19(27)16-10-15-9-13(4-6-14(15)11-21-16)5-7-17-22-24-25-23-17/h12-16,21H,3-11H2,1-2H3,(H,20,26)(H,22,23,24,25)/t12-,13+,14-,15+,16-/m0/s1/i16D. The molecule has 1 aliphatic heterocycles. The van der Waals surface area contributed by atoms with Crippen LogP contribution >= 0.6 is 0 Å². The summed E-state index contributed by atoms with van der Waals surface area (Å²) in [5.41, 5.74) is 0. The highest BCUT2D eigenvalue weighted by atomic mass is 16.5. The van der Waals surface area contributed by atoms with Gasteiger partial charge in [0.25, 0.3) is 0 Å². The molecule has 28 heavy (non-hydrogen) atoms. The number of nitrogens with zero attached hydrogens (tertiary/aromatic N) is 3. The zero-order valence-electron chi connectivity index (χ0n) is 17.7. The fourth-order valence-electron chi connectivity index (χ4n) is 4.40. The molecule has 0 aromatic carbocycles. The number of H-pyrrole nitrogens is 1. The molecule has 9 nitrogen and oxygen atoms in total. The van der Waals surface area contributed by atoms with Crippen molar-refractivity contribution in [1.29, 1.82) is 0 Å². The summed E-state index contributed by atoms with van der Waals surface area (Å²) in [6.07, 6.45) is 5.06. The lowest BCUT2D eigenvalue weighted by molar-refractivity contribution is -0.153. The predicted molar refractivity (Wildman–Crippen MR) is 102 cm³/mol. The maximum atomic E-state index is 12.7. The molecule has 1 aromatic rings. The molecule has 0 unspecified atom stereocenters. The number of aryl methyl sites for hydroxylation is 1. The van der Waals surface area contributed by atoms with Gasteiger partial charge in [-0.15, -0.1) is 10.2 Å². The molecule has 2 aliphatic rings. The van der Waals surface area contributed by atoms with Crippen LogP contribution in [0.3, 0.4) is 0 Å². The molecule has 9 heteroatoms. The van der Waals surface area contributed by atoms with Crippen LogP contribution < -0.4 is 10.6 Å². The highest BCUT2D eigenvalue weighted by Gasteiger charge is 2.38. The first kappa shape index (κ1) is 19.3. The second-order valence-electron chi connectivity index (χ2n) is 8.00. The van der Waals surface area contributed by atoms with Crippen LogP contribution in [-0.2, 0) is 20.7 Å². The average Bonchev–Trinajstić information content (AvgIpc) is 3.19. The molecule has 0 spiro atoms. The zero-order chi connectivity index (χ0) is 20.9. The van der Waals surface area contributed by atoms with E-state index in [1.165, 1.54) is 0 Å². The van der Waals surface area contributed by atoms with Crippen molar-refractivity contribution < 1.29 is 15.7 Å². The van der Waals surface area contributed by atoms with Gasteiger partial charge in [0.2, 0.25) is 5.91 Å². The first-order valence-corrected chi connectivity index (χ1v) is 10.3. The summed E-state index contributed by atoms with van der Waals surface area (Å²) in [5.74, 6) is 1.36. The van der Waals surface area contributed by atoms with Gasteiger partial charge in [-0.3, -0.25) is 9.59 Å². The molecule has 156 valence electrons. The molecule has 1 saturated heterocycles. The Labute approximate surface area is 167 Å². The van der Waals surface area contributed by atoms with E-state index in [-0.39, 0.29) is 12.3 Å². The van der Waals surface area contributed by atoms with Crippen molar-refractivity contribution in [1.82, 2.24) is 31.3 Å². The molecule has 1 amide bonds. The first-order chi connectivity index (χ1) is 13.9. The molecular weight excluding hydrogens is 360 g/mol. The van der Waals surface area contributed by atoms with E-state index >= 15 is 0 Å². The number of aromatic amines is 1. The van der Waals surface area contributed by atoms with E-state index < -0.39 is 18.1 Å². The average molecular weight is 394 g/mol. The van der Waals surface area contributed by atoms with Gasteiger partial charge in [-0.05, 0) is 63.8 Å². The summed E-state index contributed by atoms with van der Waals surface area (Å²) >= 11 is 0. The van der Waals surface area contributed by atoms with Gasteiger partial charge in [-0.2, -0.15) is 5.21 Å². The van der Waals surface area contributed by atoms with Crippen LogP contribution in [0.5, 0.6) is 0 Å². The minimum absolute atomic E-state index is 0.111. The smallest absolute Gasteiger partial charge is 0.323 e. The van der Waals surface area contributed by atoms with Crippen LogP contribution in [0.1, 0.15) is 59.6 Å². The van der Waals surface area contributed by atoms with Gasteiger partial charge < -0.3 is 15.4 Å². The van der Waals surface area contributed by atoms with Crippen LogP contribution in [0, 0.1) is 17.8 Å². The largest absolute Gasteiger partial charge is 0.461 e. The molecule has 5 atom stereocenters. The Morgan fingerprint density at radius 2 is 2.21 bits per heavy atom. The first-order valence-electron chi connectivity index (χ1n) is 10.8. The maximum absolute atomic E-state index is 12.7. The van der Waals surface area contributed by atoms with Crippen LogP contribution in [0.4, 0.5) is 0 Å². The molecule has 1 aromatic heterocycles. The van der Waals surface area contributed by atoms with Gasteiger partial charge in [-0.1, -0.05) is 11.6 Å². The Kier molecular flexibility index (Phi) is 6.86. The zero-order valence-corrected chi connectivity index (χ0v) is 16.7. The fourth-order valence-corrected chi connectivity index (χ4v) is 4.40. The molecule has 2 heterocycles. The van der Waals surface area contributed by atoms with Crippen LogP contribution in [0.25, 0.3) is 0 Å². The summed E-state index contributed by atoms with van der Waals surface area (Å²) in [7, 11) is 0. The monoisotopic (exact) mass is 393 g/mol. The van der Waals surface area contributed by atoms with E-state index in [1.54, 1.807) is 6.92 Å². The number of piperidine rings is 1. The second-order valence-corrected chi connectivity index (χ2v) is 8.00. The Balaban J connectivity index is 1.51.